The molecule has 100 valence electrons. The summed E-state index contributed by atoms with van der Waals surface area (Å²) in [6, 6.07) is 0. The summed E-state index contributed by atoms with van der Waals surface area (Å²) in [7, 11) is 0. The Morgan fingerprint density at radius 2 is 1.24 bits per heavy atom. The fourth-order valence-corrected chi connectivity index (χ4v) is 2.79. The molecule has 1 aliphatic carbocycles. The Morgan fingerprint density at radius 3 is 1.59 bits per heavy atom. The van der Waals surface area contributed by atoms with Gasteiger partial charge in [0.15, 0.2) is 0 Å². The highest BCUT2D eigenvalue weighted by Crippen LogP contribution is 2.25. The van der Waals surface area contributed by atoms with Crippen LogP contribution in [0.4, 0.5) is 0 Å². The summed E-state index contributed by atoms with van der Waals surface area (Å²) < 4.78 is 0. The monoisotopic (exact) mass is 241 g/mol. The van der Waals surface area contributed by atoms with Crippen molar-refractivity contribution in [2.45, 2.75) is 82.6 Å². The molecule has 3 N–H and O–H groups in total. The van der Waals surface area contributed by atoms with E-state index in [2.05, 4.69) is 0 Å². The Bertz CT molecular complexity index is 216. The predicted molar refractivity (Wildman–Crippen MR) is 70.0 cm³/mol. The number of hydrogen-bond acceptors (Lipinski definition) is 2. The lowest BCUT2D eigenvalue weighted by molar-refractivity contribution is -0.138. The first-order valence-corrected chi connectivity index (χ1v) is 7.13. The molecule has 0 aromatic carbocycles. The van der Waals surface area contributed by atoms with Crippen LogP contribution in [0.5, 0.6) is 0 Å². The Balaban J connectivity index is 2.44. The van der Waals surface area contributed by atoms with E-state index in [0.717, 1.165) is 25.7 Å². The molecule has 0 aliphatic heterocycles. The van der Waals surface area contributed by atoms with Crippen molar-refractivity contribution in [3.63, 3.8) is 0 Å². The van der Waals surface area contributed by atoms with Gasteiger partial charge in [-0.1, -0.05) is 57.8 Å². The molecule has 3 nitrogen and oxygen atoms in total. The van der Waals surface area contributed by atoms with Gasteiger partial charge in [-0.25, -0.2) is 0 Å². The number of carboxylic acids is 1. The molecule has 0 atom stereocenters. The third-order valence-electron chi connectivity index (χ3n) is 3.85. The lowest BCUT2D eigenvalue weighted by atomic mass is 9.84. The third kappa shape index (κ3) is 6.67. The van der Waals surface area contributed by atoms with Crippen molar-refractivity contribution in [3.8, 4) is 0 Å². The van der Waals surface area contributed by atoms with Crippen LogP contribution < -0.4 is 5.73 Å². The number of carbonyl (C=O) groups is 1. The van der Waals surface area contributed by atoms with Crippen LogP contribution in [0.25, 0.3) is 0 Å². The van der Waals surface area contributed by atoms with Gasteiger partial charge in [-0.15, -0.1) is 0 Å². The van der Waals surface area contributed by atoms with Gasteiger partial charge in [-0.2, -0.15) is 0 Å². The van der Waals surface area contributed by atoms with Crippen molar-refractivity contribution in [1.82, 2.24) is 0 Å². The molecule has 0 heterocycles. The molecule has 0 aromatic heterocycles. The SMILES string of the molecule is NC1(CC(=O)O)CCCCCCCCCCC1. The highest BCUT2D eigenvalue weighted by Gasteiger charge is 2.27. The van der Waals surface area contributed by atoms with Gasteiger partial charge in [-0.3, -0.25) is 4.79 Å². The van der Waals surface area contributed by atoms with E-state index < -0.39 is 11.5 Å². The fourth-order valence-electron chi connectivity index (χ4n) is 2.79. The van der Waals surface area contributed by atoms with Crippen LogP contribution in [-0.4, -0.2) is 16.6 Å². The van der Waals surface area contributed by atoms with E-state index >= 15 is 0 Å². The Morgan fingerprint density at radius 1 is 0.882 bits per heavy atom. The lowest BCUT2D eigenvalue weighted by Gasteiger charge is -2.28. The quantitative estimate of drug-likeness (QED) is 0.778. The van der Waals surface area contributed by atoms with Crippen LogP contribution in [0.3, 0.4) is 0 Å². The number of hydrogen-bond donors (Lipinski definition) is 2. The maximum Gasteiger partial charge on any atom is 0.305 e. The van der Waals surface area contributed by atoms with Crippen LogP contribution in [-0.2, 0) is 4.79 Å². The number of aliphatic carboxylic acids is 1. The highest BCUT2D eigenvalue weighted by molar-refractivity contribution is 5.68. The minimum absolute atomic E-state index is 0.132. The molecule has 1 aliphatic rings. The summed E-state index contributed by atoms with van der Waals surface area (Å²) in [6.07, 6.45) is 13.1. The number of rotatable bonds is 2. The predicted octanol–water partition coefficient (Wildman–Crippen LogP) is 3.46. The zero-order chi connectivity index (χ0) is 12.6. The van der Waals surface area contributed by atoms with Crippen LogP contribution in [0.15, 0.2) is 0 Å². The smallest absolute Gasteiger partial charge is 0.305 e. The molecule has 1 rings (SSSR count). The van der Waals surface area contributed by atoms with Crippen molar-refractivity contribution >= 4 is 5.97 Å². The molecule has 0 bridgehead atoms. The zero-order valence-corrected chi connectivity index (χ0v) is 10.9. The first-order valence-electron chi connectivity index (χ1n) is 7.13. The molecule has 1 saturated carbocycles. The van der Waals surface area contributed by atoms with E-state index in [-0.39, 0.29) is 6.42 Å². The summed E-state index contributed by atoms with van der Waals surface area (Å²) in [4.78, 5) is 10.9. The van der Waals surface area contributed by atoms with Crippen molar-refractivity contribution in [3.05, 3.63) is 0 Å². The van der Waals surface area contributed by atoms with Crippen LogP contribution in [0, 0.1) is 0 Å². The molecular weight excluding hydrogens is 214 g/mol. The van der Waals surface area contributed by atoms with Gasteiger partial charge in [0, 0.05) is 5.54 Å². The van der Waals surface area contributed by atoms with Crippen molar-refractivity contribution in [1.29, 1.82) is 0 Å². The molecule has 0 aromatic rings. The lowest BCUT2D eigenvalue weighted by Crippen LogP contribution is -2.42. The number of carboxylic acid groups (broad SMARTS) is 1. The van der Waals surface area contributed by atoms with Gasteiger partial charge in [0.25, 0.3) is 0 Å². The Hall–Kier alpha value is -0.570. The molecular formula is C14H27NO2. The topological polar surface area (TPSA) is 63.3 Å². The van der Waals surface area contributed by atoms with Crippen molar-refractivity contribution < 1.29 is 9.90 Å². The molecule has 17 heavy (non-hydrogen) atoms. The summed E-state index contributed by atoms with van der Waals surface area (Å²) in [5.74, 6) is -0.750. The van der Waals surface area contributed by atoms with E-state index in [1.807, 2.05) is 0 Å². The molecule has 0 radical (unpaired) electrons. The van der Waals surface area contributed by atoms with Gasteiger partial charge in [0.1, 0.15) is 0 Å². The first-order chi connectivity index (χ1) is 8.12. The largest absolute Gasteiger partial charge is 0.481 e. The van der Waals surface area contributed by atoms with E-state index in [4.69, 9.17) is 10.8 Å². The van der Waals surface area contributed by atoms with Crippen LogP contribution in [0.2, 0.25) is 0 Å². The molecule has 0 spiro atoms. The number of nitrogens with two attached hydrogens (primary N) is 1. The van der Waals surface area contributed by atoms with Gasteiger partial charge in [0.2, 0.25) is 0 Å². The maximum absolute atomic E-state index is 10.9. The average molecular weight is 241 g/mol. The molecule has 1 fully saturated rings. The van der Waals surface area contributed by atoms with Gasteiger partial charge >= 0.3 is 5.97 Å². The summed E-state index contributed by atoms with van der Waals surface area (Å²) in [5.41, 5.74) is 5.81. The van der Waals surface area contributed by atoms with E-state index in [1.54, 1.807) is 0 Å². The molecule has 0 amide bonds. The first kappa shape index (κ1) is 14.5. The average Bonchev–Trinajstić information content (AvgIpc) is 2.22. The maximum atomic E-state index is 10.9. The van der Waals surface area contributed by atoms with Crippen LogP contribution in [0.1, 0.15) is 77.0 Å². The second-order valence-corrected chi connectivity index (χ2v) is 5.61. The van der Waals surface area contributed by atoms with E-state index in [9.17, 15) is 4.79 Å². The zero-order valence-electron chi connectivity index (χ0n) is 10.9. The molecule has 3 heteroatoms. The summed E-state index contributed by atoms with van der Waals surface area (Å²) >= 11 is 0. The summed E-state index contributed by atoms with van der Waals surface area (Å²) in [6.45, 7) is 0. The van der Waals surface area contributed by atoms with E-state index in [1.165, 1.54) is 44.9 Å². The standard InChI is InChI=1S/C14H27NO2/c15-14(12-13(16)17)10-8-6-4-2-1-3-5-7-9-11-14/h1-12,15H2,(H,16,17). The van der Waals surface area contributed by atoms with Crippen LogP contribution >= 0.6 is 0 Å². The third-order valence-corrected chi connectivity index (χ3v) is 3.85. The van der Waals surface area contributed by atoms with Gasteiger partial charge in [-0.05, 0) is 12.8 Å². The minimum Gasteiger partial charge on any atom is -0.481 e. The van der Waals surface area contributed by atoms with E-state index in [0.29, 0.717) is 0 Å². The molecule has 0 unspecified atom stereocenters. The summed E-state index contributed by atoms with van der Waals surface area (Å²) in [5, 5.41) is 8.94. The van der Waals surface area contributed by atoms with Crippen molar-refractivity contribution in [2.24, 2.45) is 5.73 Å². The Kier molecular flexibility index (Phi) is 6.56. The normalized spacial score (nSPS) is 23.4. The van der Waals surface area contributed by atoms with Gasteiger partial charge < -0.3 is 10.8 Å². The highest BCUT2D eigenvalue weighted by atomic mass is 16.4. The minimum atomic E-state index is -0.750. The second-order valence-electron chi connectivity index (χ2n) is 5.61. The van der Waals surface area contributed by atoms with Crippen molar-refractivity contribution in [2.75, 3.05) is 0 Å². The fraction of sp³-hybridized carbons (Fsp3) is 0.929. The Labute approximate surface area is 105 Å². The van der Waals surface area contributed by atoms with Gasteiger partial charge in [0.05, 0.1) is 6.42 Å². The second kappa shape index (κ2) is 7.70. The molecule has 0 saturated heterocycles.